The Labute approximate surface area is 105 Å². The first-order valence-corrected chi connectivity index (χ1v) is 6.56. The first-order chi connectivity index (χ1) is 8.16. The van der Waals surface area contributed by atoms with Crippen molar-refractivity contribution in [3.8, 4) is 0 Å². The van der Waals surface area contributed by atoms with E-state index in [-0.39, 0.29) is 5.82 Å². The lowest BCUT2D eigenvalue weighted by molar-refractivity contribution is 0.574. The summed E-state index contributed by atoms with van der Waals surface area (Å²) < 4.78 is 13.0. The summed E-state index contributed by atoms with van der Waals surface area (Å²) in [6, 6.07) is 9.15. The maximum Gasteiger partial charge on any atom is 0.123 e. The van der Waals surface area contributed by atoms with Crippen LogP contribution >= 0.6 is 11.3 Å². The zero-order valence-corrected chi connectivity index (χ0v) is 10.9. The number of thiophene rings is 1. The van der Waals surface area contributed by atoms with Gasteiger partial charge in [0.15, 0.2) is 0 Å². The van der Waals surface area contributed by atoms with Crippen LogP contribution in [0.15, 0.2) is 35.7 Å². The van der Waals surface area contributed by atoms with Crippen LogP contribution in [0.25, 0.3) is 0 Å². The first-order valence-electron chi connectivity index (χ1n) is 5.68. The number of aryl methyl sites for hydroxylation is 1. The van der Waals surface area contributed by atoms with E-state index >= 15 is 0 Å². The molecule has 0 saturated carbocycles. The Bertz CT molecular complexity index is 492. The number of rotatable bonds is 4. The molecule has 2 aromatic rings. The fraction of sp³-hybridized carbons (Fsp3) is 0.286. The van der Waals surface area contributed by atoms with Crippen LogP contribution < -0.4 is 5.32 Å². The van der Waals surface area contributed by atoms with E-state index in [0.29, 0.717) is 12.6 Å². The molecule has 0 aliphatic carbocycles. The molecule has 1 aromatic carbocycles. The highest BCUT2D eigenvalue weighted by atomic mass is 32.1. The molecule has 2 rings (SSSR count). The van der Waals surface area contributed by atoms with Gasteiger partial charge in [-0.05, 0) is 48.6 Å². The molecule has 17 heavy (non-hydrogen) atoms. The molecule has 3 heteroatoms. The summed E-state index contributed by atoms with van der Waals surface area (Å²) in [5.74, 6) is -0.177. The minimum Gasteiger partial charge on any atom is -0.305 e. The molecule has 0 bridgehead atoms. The molecular formula is C14H16FNS. The van der Waals surface area contributed by atoms with Crippen LogP contribution in [0.3, 0.4) is 0 Å². The highest BCUT2D eigenvalue weighted by molar-refractivity contribution is 7.10. The monoisotopic (exact) mass is 249 g/mol. The molecule has 0 saturated heterocycles. The Morgan fingerprint density at radius 1 is 1.35 bits per heavy atom. The summed E-state index contributed by atoms with van der Waals surface area (Å²) in [6.45, 7) is 4.95. The van der Waals surface area contributed by atoms with Crippen molar-refractivity contribution in [1.82, 2.24) is 5.32 Å². The van der Waals surface area contributed by atoms with Gasteiger partial charge < -0.3 is 5.32 Å². The number of halogens is 1. The van der Waals surface area contributed by atoms with Gasteiger partial charge in [0.05, 0.1) is 0 Å². The quantitative estimate of drug-likeness (QED) is 0.862. The molecule has 0 fully saturated rings. The summed E-state index contributed by atoms with van der Waals surface area (Å²) >= 11 is 1.76. The fourth-order valence-electron chi connectivity index (χ4n) is 1.84. The second kappa shape index (κ2) is 5.43. The molecular weight excluding hydrogens is 233 g/mol. The number of hydrogen-bond acceptors (Lipinski definition) is 2. The van der Waals surface area contributed by atoms with Crippen LogP contribution in [0.5, 0.6) is 0 Å². The Kier molecular flexibility index (Phi) is 3.92. The summed E-state index contributed by atoms with van der Waals surface area (Å²) in [5.41, 5.74) is 2.29. The van der Waals surface area contributed by atoms with E-state index in [9.17, 15) is 4.39 Å². The minimum absolute atomic E-state index is 0.177. The molecule has 1 atom stereocenters. The Morgan fingerprint density at radius 3 is 2.82 bits per heavy atom. The number of nitrogens with one attached hydrogen (secondary N) is 1. The van der Waals surface area contributed by atoms with Crippen molar-refractivity contribution in [2.24, 2.45) is 0 Å². The molecule has 1 unspecified atom stereocenters. The smallest absolute Gasteiger partial charge is 0.123 e. The molecule has 1 nitrogen and oxygen atoms in total. The van der Waals surface area contributed by atoms with E-state index in [1.54, 1.807) is 23.5 Å². The zero-order valence-electron chi connectivity index (χ0n) is 10.0. The Balaban J connectivity index is 1.97. The molecule has 90 valence electrons. The van der Waals surface area contributed by atoms with Crippen LogP contribution in [0, 0.1) is 12.7 Å². The lowest BCUT2D eigenvalue weighted by atomic mass is 10.1. The van der Waals surface area contributed by atoms with Gasteiger partial charge in [0.2, 0.25) is 0 Å². The van der Waals surface area contributed by atoms with Gasteiger partial charge in [-0.2, -0.15) is 0 Å². The first kappa shape index (κ1) is 12.3. The van der Waals surface area contributed by atoms with Gasteiger partial charge in [-0.1, -0.05) is 12.1 Å². The van der Waals surface area contributed by atoms with Gasteiger partial charge in [-0.3, -0.25) is 0 Å². The maximum atomic E-state index is 13.0. The molecule has 0 aliphatic rings. The standard InChI is InChI=1S/C14H16FNS/c1-10-6-7-17-14(10)11(2)16-9-12-4-3-5-13(15)8-12/h3-8,11,16H,9H2,1-2H3. The number of hydrogen-bond donors (Lipinski definition) is 1. The van der Waals surface area contributed by atoms with Crippen LogP contribution in [-0.4, -0.2) is 0 Å². The lowest BCUT2D eigenvalue weighted by Gasteiger charge is -2.13. The Hall–Kier alpha value is -1.19. The van der Waals surface area contributed by atoms with E-state index in [1.165, 1.54) is 16.5 Å². The van der Waals surface area contributed by atoms with Crippen molar-refractivity contribution in [3.05, 3.63) is 57.5 Å². The lowest BCUT2D eigenvalue weighted by Crippen LogP contribution is -2.17. The van der Waals surface area contributed by atoms with Gasteiger partial charge in [-0.15, -0.1) is 11.3 Å². The third kappa shape index (κ3) is 3.14. The molecule has 0 spiro atoms. The second-order valence-electron chi connectivity index (χ2n) is 4.20. The van der Waals surface area contributed by atoms with E-state index < -0.39 is 0 Å². The van der Waals surface area contributed by atoms with Gasteiger partial charge in [0, 0.05) is 17.5 Å². The average Bonchev–Trinajstić information content (AvgIpc) is 2.72. The van der Waals surface area contributed by atoms with Gasteiger partial charge in [-0.25, -0.2) is 4.39 Å². The minimum atomic E-state index is -0.177. The van der Waals surface area contributed by atoms with Gasteiger partial charge >= 0.3 is 0 Å². The van der Waals surface area contributed by atoms with Crippen molar-refractivity contribution in [3.63, 3.8) is 0 Å². The molecule has 1 heterocycles. The normalized spacial score (nSPS) is 12.6. The predicted molar refractivity (Wildman–Crippen MR) is 70.7 cm³/mol. The van der Waals surface area contributed by atoms with Crippen molar-refractivity contribution >= 4 is 11.3 Å². The predicted octanol–water partition coefficient (Wildman–Crippen LogP) is 4.05. The summed E-state index contributed by atoms with van der Waals surface area (Å²) in [5, 5.41) is 5.52. The van der Waals surface area contributed by atoms with E-state index in [4.69, 9.17) is 0 Å². The molecule has 1 aromatic heterocycles. The highest BCUT2D eigenvalue weighted by Gasteiger charge is 2.09. The highest BCUT2D eigenvalue weighted by Crippen LogP contribution is 2.23. The summed E-state index contributed by atoms with van der Waals surface area (Å²) in [4.78, 5) is 1.35. The summed E-state index contributed by atoms with van der Waals surface area (Å²) in [6.07, 6.45) is 0. The van der Waals surface area contributed by atoms with Crippen LogP contribution in [0.4, 0.5) is 4.39 Å². The van der Waals surface area contributed by atoms with Gasteiger partial charge in [0.25, 0.3) is 0 Å². The van der Waals surface area contributed by atoms with Crippen LogP contribution in [-0.2, 0) is 6.54 Å². The van der Waals surface area contributed by atoms with Crippen molar-refractivity contribution in [2.75, 3.05) is 0 Å². The average molecular weight is 249 g/mol. The summed E-state index contributed by atoms with van der Waals surface area (Å²) in [7, 11) is 0. The van der Waals surface area contributed by atoms with E-state index in [0.717, 1.165) is 5.56 Å². The number of benzene rings is 1. The fourth-order valence-corrected chi connectivity index (χ4v) is 2.80. The SMILES string of the molecule is Cc1ccsc1C(C)NCc1cccc(F)c1. The Morgan fingerprint density at radius 2 is 2.18 bits per heavy atom. The maximum absolute atomic E-state index is 13.0. The van der Waals surface area contributed by atoms with Gasteiger partial charge in [0.1, 0.15) is 5.82 Å². The second-order valence-corrected chi connectivity index (χ2v) is 5.15. The third-order valence-electron chi connectivity index (χ3n) is 2.80. The molecule has 0 radical (unpaired) electrons. The molecule has 1 N–H and O–H groups in total. The van der Waals surface area contributed by atoms with Crippen LogP contribution in [0.2, 0.25) is 0 Å². The van der Waals surface area contributed by atoms with Crippen molar-refractivity contribution in [1.29, 1.82) is 0 Å². The topological polar surface area (TPSA) is 12.0 Å². The van der Waals surface area contributed by atoms with Crippen molar-refractivity contribution in [2.45, 2.75) is 26.4 Å². The van der Waals surface area contributed by atoms with Crippen molar-refractivity contribution < 1.29 is 4.39 Å². The molecule has 0 amide bonds. The van der Waals surface area contributed by atoms with E-state index in [2.05, 4.69) is 30.6 Å². The third-order valence-corrected chi connectivity index (χ3v) is 4.00. The van der Waals surface area contributed by atoms with E-state index in [1.807, 2.05) is 6.07 Å². The molecule has 0 aliphatic heterocycles. The zero-order chi connectivity index (χ0) is 12.3. The largest absolute Gasteiger partial charge is 0.305 e. The van der Waals surface area contributed by atoms with Crippen LogP contribution in [0.1, 0.15) is 29.0 Å².